The number of hydrogen-bond donors (Lipinski definition) is 1. The average Bonchev–Trinajstić information content (AvgIpc) is 2.50. The molecule has 2 aromatic rings. The van der Waals surface area contributed by atoms with Gasteiger partial charge >= 0.3 is 5.69 Å². The number of aromatic hydroxyl groups is 1. The summed E-state index contributed by atoms with van der Waals surface area (Å²) in [5.74, 6) is -1.29. The quantitative estimate of drug-likeness (QED) is 0.677. The van der Waals surface area contributed by atoms with Crippen LogP contribution in [-0.4, -0.2) is 20.0 Å². The Morgan fingerprint density at radius 2 is 1.68 bits per heavy atom. The van der Waals surface area contributed by atoms with Crippen LogP contribution in [-0.2, 0) is 14.1 Å². The van der Waals surface area contributed by atoms with Crippen LogP contribution < -0.4 is 11.2 Å². The van der Waals surface area contributed by atoms with Crippen LogP contribution in [0.5, 0.6) is 5.88 Å². The lowest BCUT2D eigenvalue weighted by Crippen LogP contribution is -2.39. The van der Waals surface area contributed by atoms with Crippen LogP contribution in [0.2, 0.25) is 0 Å². The topological polar surface area (TPSA) is 81.3 Å². The van der Waals surface area contributed by atoms with Gasteiger partial charge in [0.1, 0.15) is 5.56 Å². The zero-order valence-electron chi connectivity index (χ0n) is 12.5. The Hall–Kier alpha value is -2.89. The van der Waals surface area contributed by atoms with Gasteiger partial charge in [-0.25, -0.2) is 4.79 Å². The molecule has 6 nitrogen and oxygen atoms in total. The number of carbonyl (C=O) groups excluding carboxylic acids is 1. The SMILES string of the molecule is Cc1ccc(/C=C/C(=O)c2c(O)n(C)c(=O)n(C)c2=O)cc1. The maximum Gasteiger partial charge on any atom is 0.333 e. The van der Waals surface area contributed by atoms with Crippen molar-refractivity contribution in [3.63, 3.8) is 0 Å². The maximum atomic E-state index is 12.2. The van der Waals surface area contributed by atoms with Crippen molar-refractivity contribution < 1.29 is 9.90 Å². The molecule has 6 heteroatoms. The fraction of sp³-hybridized carbons (Fsp3) is 0.188. The van der Waals surface area contributed by atoms with E-state index in [1.165, 1.54) is 20.2 Å². The Morgan fingerprint density at radius 1 is 1.09 bits per heavy atom. The minimum Gasteiger partial charge on any atom is -0.494 e. The molecule has 0 amide bonds. The highest BCUT2D eigenvalue weighted by molar-refractivity contribution is 6.08. The number of ketones is 1. The average molecular weight is 300 g/mol. The molecule has 0 aliphatic carbocycles. The molecule has 22 heavy (non-hydrogen) atoms. The van der Waals surface area contributed by atoms with Crippen molar-refractivity contribution in [2.45, 2.75) is 6.92 Å². The molecule has 0 fully saturated rings. The molecule has 0 saturated carbocycles. The second-order valence-electron chi connectivity index (χ2n) is 5.01. The van der Waals surface area contributed by atoms with Gasteiger partial charge in [-0.2, -0.15) is 0 Å². The maximum absolute atomic E-state index is 12.2. The van der Waals surface area contributed by atoms with Crippen molar-refractivity contribution in [2.75, 3.05) is 0 Å². The predicted octanol–water partition coefficient (Wildman–Crippen LogP) is 0.994. The summed E-state index contributed by atoms with van der Waals surface area (Å²) in [5.41, 5.74) is -0.0539. The fourth-order valence-corrected chi connectivity index (χ4v) is 1.98. The largest absolute Gasteiger partial charge is 0.494 e. The first kappa shape index (κ1) is 15.5. The van der Waals surface area contributed by atoms with Gasteiger partial charge in [0.05, 0.1) is 0 Å². The molecule has 114 valence electrons. The lowest BCUT2D eigenvalue weighted by Gasteiger charge is -2.07. The highest BCUT2D eigenvalue weighted by atomic mass is 16.3. The van der Waals surface area contributed by atoms with Crippen LogP contribution in [0, 0.1) is 6.92 Å². The van der Waals surface area contributed by atoms with Gasteiger partial charge in [-0.1, -0.05) is 35.9 Å². The van der Waals surface area contributed by atoms with Gasteiger partial charge in [-0.05, 0) is 18.6 Å². The van der Waals surface area contributed by atoms with Gasteiger partial charge in [0.2, 0.25) is 5.88 Å². The lowest BCUT2D eigenvalue weighted by atomic mass is 10.1. The minimum absolute atomic E-state index is 0.423. The van der Waals surface area contributed by atoms with Crippen LogP contribution >= 0.6 is 0 Å². The van der Waals surface area contributed by atoms with Crippen molar-refractivity contribution in [1.82, 2.24) is 9.13 Å². The Balaban J connectivity index is 2.45. The van der Waals surface area contributed by atoms with Gasteiger partial charge in [-0.15, -0.1) is 0 Å². The molecule has 0 spiro atoms. The monoisotopic (exact) mass is 300 g/mol. The van der Waals surface area contributed by atoms with E-state index in [0.29, 0.717) is 0 Å². The molecule has 2 rings (SSSR count). The third kappa shape index (κ3) is 2.76. The van der Waals surface area contributed by atoms with Crippen molar-refractivity contribution >= 4 is 11.9 Å². The summed E-state index contributed by atoms with van der Waals surface area (Å²) in [6, 6.07) is 7.45. The van der Waals surface area contributed by atoms with Gasteiger partial charge in [-0.3, -0.25) is 18.7 Å². The summed E-state index contributed by atoms with van der Waals surface area (Å²) >= 11 is 0. The van der Waals surface area contributed by atoms with Crippen LogP contribution in [0.15, 0.2) is 39.9 Å². The molecular formula is C16H16N2O4. The first-order valence-electron chi connectivity index (χ1n) is 6.61. The number of allylic oxidation sites excluding steroid dienone is 1. The molecular weight excluding hydrogens is 284 g/mol. The zero-order valence-corrected chi connectivity index (χ0v) is 12.5. The number of rotatable bonds is 3. The molecule has 0 saturated heterocycles. The van der Waals surface area contributed by atoms with E-state index in [9.17, 15) is 19.5 Å². The predicted molar refractivity (Wildman–Crippen MR) is 83.1 cm³/mol. The van der Waals surface area contributed by atoms with Crippen LogP contribution in [0.1, 0.15) is 21.5 Å². The highest BCUT2D eigenvalue weighted by Crippen LogP contribution is 2.12. The molecule has 0 bridgehead atoms. The Labute approximate surface area is 126 Å². The molecule has 1 aromatic heterocycles. The second-order valence-corrected chi connectivity index (χ2v) is 5.01. The van der Waals surface area contributed by atoms with E-state index in [4.69, 9.17) is 0 Å². The summed E-state index contributed by atoms with van der Waals surface area (Å²) in [6.45, 7) is 1.95. The molecule has 0 aliphatic heterocycles. The summed E-state index contributed by atoms with van der Waals surface area (Å²) in [5, 5.41) is 9.88. The third-order valence-electron chi connectivity index (χ3n) is 3.38. The minimum atomic E-state index is -0.820. The van der Waals surface area contributed by atoms with Crippen LogP contribution in [0.3, 0.4) is 0 Å². The summed E-state index contributed by atoms with van der Waals surface area (Å²) in [6.07, 6.45) is 2.75. The summed E-state index contributed by atoms with van der Waals surface area (Å²) in [7, 11) is 2.54. The Bertz CT molecular complexity index is 871. The lowest BCUT2D eigenvalue weighted by molar-refractivity contribution is 0.104. The smallest absolute Gasteiger partial charge is 0.333 e. The van der Waals surface area contributed by atoms with Gasteiger partial charge in [0.15, 0.2) is 5.78 Å². The van der Waals surface area contributed by atoms with Crippen LogP contribution in [0.4, 0.5) is 0 Å². The van der Waals surface area contributed by atoms with Gasteiger partial charge < -0.3 is 5.11 Å². The van der Waals surface area contributed by atoms with Crippen molar-refractivity contribution in [1.29, 1.82) is 0 Å². The molecule has 0 aliphatic rings. The standard InChI is InChI=1S/C16H16N2O4/c1-10-4-6-11(7-5-10)8-9-12(19)13-14(20)17(2)16(22)18(3)15(13)21/h4-9,20H,1-3H3/b9-8+. The number of carbonyl (C=O) groups is 1. The first-order valence-corrected chi connectivity index (χ1v) is 6.61. The number of hydrogen-bond acceptors (Lipinski definition) is 4. The molecule has 1 N–H and O–H groups in total. The van der Waals surface area contributed by atoms with Gasteiger partial charge in [0.25, 0.3) is 5.56 Å². The Kier molecular flexibility index (Phi) is 4.12. The molecule has 0 radical (unpaired) electrons. The van der Waals surface area contributed by atoms with Crippen molar-refractivity contribution in [2.24, 2.45) is 14.1 Å². The molecule has 0 atom stereocenters. The first-order chi connectivity index (χ1) is 10.3. The van der Waals surface area contributed by atoms with E-state index in [-0.39, 0.29) is 0 Å². The highest BCUT2D eigenvalue weighted by Gasteiger charge is 2.19. The van der Waals surface area contributed by atoms with Crippen molar-refractivity contribution in [3.05, 3.63) is 67.9 Å². The van der Waals surface area contributed by atoms with E-state index in [1.54, 1.807) is 6.08 Å². The van der Waals surface area contributed by atoms with E-state index >= 15 is 0 Å². The van der Waals surface area contributed by atoms with Crippen molar-refractivity contribution in [3.8, 4) is 5.88 Å². The fourth-order valence-electron chi connectivity index (χ4n) is 1.98. The number of aryl methyl sites for hydroxylation is 1. The van der Waals surface area contributed by atoms with E-state index in [0.717, 1.165) is 20.3 Å². The summed E-state index contributed by atoms with van der Waals surface area (Å²) < 4.78 is 1.64. The molecule has 0 unspecified atom stereocenters. The Morgan fingerprint density at radius 3 is 2.27 bits per heavy atom. The number of nitrogens with zero attached hydrogens (tertiary/aromatic N) is 2. The molecule has 1 heterocycles. The van der Waals surface area contributed by atoms with E-state index in [1.807, 2.05) is 31.2 Å². The van der Waals surface area contributed by atoms with Gasteiger partial charge in [0, 0.05) is 14.1 Å². The normalized spacial score (nSPS) is 11.0. The molecule has 1 aromatic carbocycles. The summed E-state index contributed by atoms with van der Waals surface area (Å²) in [4.78, 5) is 35.8. The second kappa shape index (κ2) is 5.85. The van der Waals surface area contributed by atoms with E-state index < -0.39 is 28.5 Å². The zero-order chi connectivity index (χ0) is 16.4. The third-order valence-corrected chi connectivity index (χ3v) is 3.38. The number of aromatic nitrogens is 2. The number of benzene rings is 1. The van der Waals surface area contributed by atoms with E-state index in [2.05, 4.69) is 0 Å². The van der Waals surface area contributed by atoms with Crippen LogP contribution in [0.25, 0.3) is 6.08 Å².